The molecule has 0 N–H and O–H groups in total. The maximum Gasteiger partial charge on any atom is 0.384 e. The minimum absolute atomic E-state index is 0.00215. The van der Waals surface area contributed by atoms with Gasteiger partial charge in [0.05, 0.1) is 43.2 Å². The zero-order valence-electron chi connectivity index (χ0n) is 37.3. The third kappa shape index (κ3) is 12.3. The Hall–Kier alpha value is -8.94. The highest BCUT2D eigenvalue weighted by atomic mass is 19.1. The fourth-order valence-corrected chi connectivity index (χ4v) is 7.29. The minimum Gasteiger partial charge on any atom is -0.491 e. The van der Waals surface area contributed by atoms with Gasteiger partial charge in [-0.05, 0) is 106 Å². The van der Waals surface area contributed by atoms with E-state index in [1.165, 1.54) is 36.4 Å². The Kier molecular flexibility index (Phi) is 16.2. The van der Waals surface area contributed by atoms with E-state index in [0.717, 1.165) is 22.3 Å². The van der Waals surface area contributed by atoms with E-state index in [2.05, 4.69) is 17.9 Å². The molecule has 16 heteroatoms. The molecule has 0 atom stereocenters. The van der Waals surface area contributed by atoms with Gasteiger partial charge in [0.1, 0.15) is 36.2 Å². The van der Waals surface area contributed by atoms with Gasteiger partial charge in [-0.1, -0.05) is 67.8 Å². The fraction of sp³-hybridized carbons (Fsp3) is 0.148. The molecule has 0 unspecified atom stereocenters. The summed E-state index contributed by atoms with van der Waals surface area (Å²) in [5, 5.41) is 8.08. The molecule has 0 aliphatic heterocycles. The zero-order chi connectivity index (χ0) is 49.6. The smallest absolute Gasteiger partial charge is 0.384 e. The van der Waals surface area contributed by atoms with Crippen molar-refractivity contribution >= 4 is 46.8 Å². The summed E-state index contributed by atoms with van der Waals surface area (Å²) in [6.45, 7) is 6.25. The van der Waals surface area contributed by atoms with Crippen LogP contribution in [0.25, 0.3) is 21.9 Å². The van der Waals surface area contributed by atoms with Gasteiger partial charge in [0.15, 0.2) is 0 Å². The molecule has 0 fully saturated rings. The first-order valence-electron chi connectivity index (χ1n) is 21.5. The van der Waals surface area contributed by atoms with Crippen LogP contribution in [-0.2, 0) is 28.6 Å². The van der Waals surface area contributed by atoms with Crippen LogP contribution in [0.5, 0.6) is 23.0 Å². The average Bonchev–Trinajstić information content (AvgIpc) is 3.70. The number of carbonyl (C=O) groups is 5. The number of terminal acetylenes is 1. The molecular formula is C54H42F2N2O12. The summed E-state index contributed by atoms with van der Waals surface area (Å²) in [5.41, 5.74) is 4.81. The number of rotatable bonds is 21. The summed E-state index contributed by atoms with van der Waals surface area (Å²) >= 11 is 0. The van der Waals surface area contributed by atoms with Crippen LogP contribution < -0.4 is 18.9 Å². The molecule has 0 saturated carbocycles. The van der Waals surface area contributed by atoms with Gasteiger partial charge in [-0.25, -0.2) is 24.0 Å². The summed E-state index contributed by atoms with van der Waals surface area (Å²) in [7, 11) is 0. The second kappa shape index (κ2) is 23.2. The molecule has 0 bridgehead atoms. The van der Waals surface area contributed by atoms with Gasteiger partial charge in [0.2, 0.25) is 11.7 Å². The minimum atomic E-state index is -1.27. The Morgan fingerprint density at radius 1 is 0.643 bits per heavy atom. The number of hydrazone groups is 1. The van der Waals surface area contributed by atoms with Crippen LogP contribution >= 0.6 is 0 Å². The lowest BCUT2D eigenvalue weighted by molar-refractivity contribution is -0.142. The van der Waals surface area contributed by atoms with Crippen molar-refractivity contribution in [2.75, 3.05) is 39.6 Å². The summed E-state index contributed by atoms with van der Waals surface area (Å²) in [5.74, 6) is -4.38. The number of hydrogen-bond donors (Lipinski definition) is 0. The molecule has 14 nitrogen and oxygen atoms in total. The maximum absolute atomic E-state index is 13.8. The van der Waals surface area contributed by atoms with Crippen LogP contribution in [0.1, 0.15) is 49.9 Å². The molecule has 0 spiro atoms. The second-order valence-corrected chi connectivity index (χ2v) is 15.1. The number of fused-ring (bicyclic) bond motifs is 4. The Morgan fingerprint density at radius 2 is 1.24 bits per heavy atom. The van der Waals surface area contributed by atoms with E-state index in [-0.39, 0.29) is 67.5 Å². The van der Waals surface area contributed by atoms with Crippen LogP contribution in [0, 0.1) is 12.3 Å². The molecule has 0 aromatic heterocycles. The van der Waals surface area contributed by atoms with E-state index in [4.69, 9.17) is 39.9 Å². The lowest BCUT2D eigenvalue weighted by Gasteiger charge is -2.28. The van der Waals surface area contributed by atoms with Crippen LogP contribution in [0.2, 0.25) is 0 Å². The van der Waals surface area contributed by atoms with Crippen molar-refractivity contribution in [3.05, 3.63) is 180 Å². The van der Waals surface area contributed by atoms with Crippen molar-refractivity contribution in [3.8, 4) is 46.5 Å². The molecule has 0 saturated heterocycles. The number of esters is 5. The number of carbonyl (C=O) groups excluding carboxylic acids is 5. The average molecular weight is 949 g/mol. The number of ether oxygens (including phenoxy) is 7. The molecule has 1 aliphatic carbocycles. The first kappa shape index (κ1) is 49.0. The molecule has 6 aromatic carbocycles. The van der Waals surface area contributed by atoms with Crippen LogP contribution in [0.15, 0.2) is 157 Å². The maximum atomic E-state index is 13.8. The molecule has 0 amide bonds. The van der Waals surface area contributed by atoms with Crippen molar-refractivity contribution in [2.24, 2.45) is 5.10 Å². The highest BCUT2D eigenvalue weighted by molar-refractivity contribution is 6.04. The molecule has 0 heterocycles. The third-order valence-corrected chi connectivity index (χ3v) is 10.5. The van der Waals surface area contributed by atoms with Gasteiger partial charge in [-0.3, -0.25) is 5.01 Å². The molecular weight excluding hydrogens is 907 g/mol. The van der Waals surface area contributed by atoms with E-state index in [9.17, 15) is 32.8 Å². The summed E-state index contributed by atoms with van der Waals surface area (Å²) in [6.07, 6.45) is 7.17. The topological polar surface area (TPSA) is 166 Å². The lowest BCUT2D eigenvalue weighted by atomic mass is 10.0. The van der Waals surface area contributed by atoms with Crippen molar-refractivity contribution in [1.82, 2.24) is 5.01 Å². The first-order chi connectivity index (χ1) is 33.9. The van der Waals surface area contributed by atoms with Crippen molar-refractivity contribution in [2.45, 2.75) is 12.5 Å². The van der Waals surface area contributed by atoms with Crippen LogP contribution in [-0.4, -0.2) is 80.6 Å². The number of nitrogens with zero attached hydrogens (tertiary/aromatic N) is 2. The quantitative estimate of drug-likeness (QED) is 0.00982. The summed E-state index contributed by atoms with van der Waals surface area (Å²) < 4.78 is 63.4. The number of hydrogen-bond acceptors (Lipinski definition) is 14. The van der Waals surface area contributed by atoms with Gasteiger partial charge in [-0.2, -0.15) is 13.9 Å². The van der Waals surface area contributed by atoms with E-state index in [1.54, 1.807) is 48.7 Å². The van der Waals surface area contributed by atoms with E-state index < -0.39 is 41.5 Å². The largest absolute Gasteiger partial charge is 0.491 e. The highest BCUT2D eigenvalue weighted by Crippen LogP contribution is 2.46. The first-order valence-corrected chi connectivity index (χ1v) is 21.5. The number of benzene rings is 6. The van der Waals surface area contributed by atoms with Gasteiger partial charge < -0.3 is 33.2 Å². The molecule has 1 aliphatic rings. The summed E-state index contributed by atoms with van der Waals surface area (Å²) in [6, 6.07) is 35.3. The Morgan fingerprint density at radius 3 is 1.89 bits per heavy atom. The zero-order valence-corrected chi connectivity index (χ0v) is 37.3. The molecule has 0 radical (unpaired) electrons. The monoisotopic (exact) mass is 948 g/mol. The van der Waals surface area contributed by atoms with Crippen LogP contribution in [0.4, 0.5) is 8.78 Å². The van der Waals surface area contributed by atoms with E-state index in [0.29, 0.717) is 35.1 Å². The van der Waals surface area contributed by atoms with Crippen molar-refractivity contribution in [3.63, 3.8) is 0 Å². The predicted molar refractivity (Wildman–Crippen MR) is 253 cm³/mol. The van der Waals surface area contributed by atoms with Gasteiger partial charge >= 0.3 is 29.8 Å². The predicted octanol–water partition coefficient (Wildman–Crippen LogP) is 9.06. The van der Waals surface area contributed by atoms with Crippen molar-refractivity contribution in [1.29, 1.82) is 0 Å². The fourth-order valence-electron chi connectivity index (χ4n) is 7.29. The van der Waals surface area contributed by atoms with Gasteiger partial charge in [0.25, 0.3) is 0 Å². The Balaban J connectivity index is 1.15. The normalized spacial score (nSPS) is 11.4. The SMILES string of the molecule is C#CC(=O)OCCCN(/N=C/c1c(OC(=O)c2ccc(OCCOCCOC(=O)C(=C)F)cc2)ccc2cc(OC(=O)c3ccc(OC(=O)C(=C)F)cc3)ccc12)C1c2ccccc2-c2ccccc21. The second-order valence-electron chi connectivity index (χ2n) is 15.1. The molecule has 70 heavy (non-hydrogen) atoms. The Labute approximate surface area is 400 Å². The van der Waals surface area contributed by atoms with Crippen molar-refractivity contribution < 1.29 is 65.9 Å². The summed E-state index contributed by atoms with van der Waals surface area (Å²) in [4.78, 5) is 61.5. The number of halogens is 2. The highest BCUT2D eigenvalue weighted by Gasteiger charge is 2.32. The molecule has 354 valence electrons. The lowest BCUT2D eigenvalue weighted by Crippen LogP contribution is -2.26. The van der Waals surface area contributed by atoms with E-state index >= 15 is 0 Å². The van der Waals surface area contributed by atoms with Gasteiger partial charge in [0, 0.05) is 24.4 Å². The molecule has 7 rings (SSSR count). The molecule has 6 aromatic rings. The Bertz CT molecular complexity index is 2990. The van der Waals surface area contributed by atoms with Crippen LogP contribution in [0.3, 0.4) is 0 Å². The van der Waals surface area contributed by atoms with Gasteiger partial charge in [-0.15, -0.1) is 6.42 Å². The standard InChI is InChI=1S/C54H42F2N2O12/c1-4-49(59)66-27-9-26-58(50-45-12-7-5-10-43(45)44-11-6-8-13-46(44)50)57-33-47-42-24-23-41(69-53(62)36-16-21-40(22-17-36)68-52(61)35(3)56)32-38(42)18-25-48(47)70-54(63)37-14-19-39(20-15-37)65-30-28-64-29-31-67-51(60)34(2)55/h1,5-8,10-25,32-33,50H,2-3,9,26-31H2/b57-33+. The van der Waals surface area contributed by atoms with E-state index in [1.807, 2.05) is 59.5 Å². The third-order valence-electron chi connectivity index (χ3n) is 10.5.